The van der Waals surface area contributed by atoms with Gasteiger partial charge in [-0.1, -0.05) is 276 Å². The summed E-state index contributed by atoms with van der Waals surface area (Å²) in [5, 5.41) is 0. The van der Waals surface area contributed by atoms with Crippen LogP contribution in [-0.2, 0) is 46.1 Å². The lowest BCUT2D eigenvalue weighted by atomic mass is 9.65. The third kappa shape index (κ3) is 29.9. The second-order valence-corrected chi connectivity index (χ2v) is 169. The van der Waals surface area contributed by atoms with E-state index >= 15 is 9.59 Å². The Morgan fingerprint density at radius 3 is 1.08 bits per heavy atom. The molecule has 24 atom stereocenters. The van der Waals surface area contributed by atoms with Crippen LogP contribution in [0.2, 0.25) is 0 Å². The first-order valence-corrected chi connectivity index (χ1v) is 112. The summed E-state index contributed by atoms with van der Waals surface area (Å²) >= 11 is 11.2. The first kappa shape index (κ1) is 127. The molecule has 145 heavy (non-hydrogen) atoms. The molecule has 2 aliphatic heterocycles. The van der Waals surface area contributed by atoms with Crippen LogP contribution in [0.1, 0.15) is 302 Å². The van der Waals surface area contributed by atoms with Gasteiger partial charge in [-0.25, -0.2) is 0 Å². The van der Waals surface area contributed by atoms with E-state index in [-0.39, 0.29) is 116 Å². The molecule has 15 rings (SSSR count). The molecule has 0 spiro atoms. The van der Waals surface area contributed by atoms with Gasteiger partial charge in [-0.05, 0) is 338 Å². The molecule has 2 aliphatic carbocycles. The molecule has 0 saturated carbocycles. The summed E-state index contributed by atoms with van der Waals surface area (Å²) in [5.74, 6) is 0.249. The maximum Gasteiger partial charge on any atom is 0.253 e. The number of unbranched alkanes of at least 4 members (excludes halogenated alkanes) is 14. The Morgan fingerprint density at radius 2 is 0.690 bits per heavy atom. The van der Waals surface area contributed by atoms with Gasteiger partial charge in [-0.3, -0.25) is 9.59 Å². The molecule has 1 saturated heterocycles. The predicted octanol–water partition coefficient (Wildman–Crippen LogP) is 48.9. The minimum Gasteiger partial charge on any atom is -0.330 e. The summed E-state index contributed by atoms with van der Waals surface area (Å²) in [6, 6.07) is 68.4. The fourth-order valence-corrected chi connectivity index (χ4v) is 435. The first-order chi connectivity index (χ1) is 69.9. The first-order valence-electron chi connectivity index (χ1n) is 51.4. The van der Waals surface area contributed by atoms with Crippen molar-refractivity contribution >= 4 is 334 Å². The van der Waals surface area contributed by atoms with Gasteiger partial charge in [0, 0.05) is 66.7 Å². The van der Waals surface area contributed by atoms with E-state index in [9.17, 15) is 0 Å². The Bertz CT molecular complexity index is 5890. The zero-order chi connectivity index (χ0) is 104. The zero-order valence-corrected chi connectivity index (χ0v) is 123. The van der Waals surface area contributed by atoms with Crippen LogP contribution in [-0.4, -0.2) is 34.7 Å². The lowest BCUT2D eigenvalue weighted by molar-refractivity contribution is -0.131. The number of fused-ring (bicyclic) bond motifs is 7. The maximum atomic E-state index is 16.0. The Balaban J connectivity index is 0.000000463. The fourth-order valence-electron chi connectivity index (χ4n) is 21.3. The molecule has 8 heterocycles. The maximum absolute atomic E-state index is 16.0. The van der Waals surface area contributed by atoms with Crippen molar-refractivity contribution in [3.05, 3.63) is 262 Å². The minimum atomic E-state index is -0.631. The Labute approximate surface area is 951 Å². The summed E-state index contributed by atoms with van der Waals surface area (Å²) in [5.41, 5.74) is 19.7. The number of rotatable bonds is 55. The number of aryl methyl sites for hydroxylation is 6. The van der Waals surface area contributed by atoms with Gasteiger partial charge in [0.15, 0.2) is 0 Å². The van der Waals surface area contributed by atoms with Crippen LogP contribution >= 0.6 is 317 Å². The molecule has 11 aromatic rings. The molecule has 784 valence electrons. The van der Waals surface area contributed by atoms with Crippen LogP contribution in [0.25, 0.3) is 55.8 Å². The van der Waals surface area contributed by atoms with Crippen LogP contribution in [0.5, 0.6) is 0 Å². The SMILES string of the molecule is CCCCCCc1ccc(C2(c3ccc(CCCCCC)cc3)c3cc4c(cc3-c3sc(C)cc32)C(c2ccc(CCCCCC)cc2)(c2ccc(CCCCCC)cc2)c2cc(-c3ccc(-c5ccc(C6=C7C(=O)N(CC(CC)CCCC)C(c8ccc(-c9ccc(C)s9)s8)C7C(=O)N6CC(CC)CCCC)s5)s3)sc2-4)cc1.PPP(P)P(P(P)P)P(P(P(P)P)P(P)P)P(P(P(P)P)P(P)P)P(P(P)P)P(P)P. The molecule has 41 heteroatoms. The van der Waals surface area contributed by atoms with Gasteiger partial charge in [0.05, 0.1) is 38.9 Å². The quantitative estimate of drug-likeness (QED) is 0.0282. The zero-order valence-electron chi connectivity index (χ0n) is 85.8. The second kappa shape index (κ2) is 61.6. The number of likely N-dealkylation sites (tertiary alicyclic amines) is 1. The number of thiophene rings is 6. The highest BCUT2D eigenvalue weighted by molar-refractivity contribution is 9.44. The highest BCUT2D eigenvalue weighted by atomic mass is 33.5. The molecular formula is C104H155N2O2P31S6. The van der Waals surface area contributed by atoms with E-state index in [1.807, 2.05) is 45.3 Å². The molecule has 2 amide bonds. The molecule has 0 N–H and O–H groups in total. The van der Waals surface area contributed by atoms with Crippen molar-refractivity contribution < 1.29 is 9.59 Å². The lowest BCUT2D eigenvalue weighted by Crippen LogP contribution is -2.39. The number of carbonyl (C=O) groups is 2. The Morgan fingerprint density at radius 1 is 0.338 bits per heavy atom. The van der Waals surface area contributed by atoms with Crippen molar-refractivity contribution in [2.75, 3.05) is 13.1 Å². The molecule has 4 nitrogen and oxygen atoms in total. The molecule has 0 bridgehead atoms. The van der Waals surface area contributed by atoms with Crippen molar-refractivity contribution in [2.45, 2.75) is 266 Å². The van der Waals surface area contributed by atoms with Crippen LogP contribution < -0.4 is 0 Å². The van der Waals surface area contributed by atoms with Crippen LogP contribution in [0, 0.1) is 31.6 Å². The predicted molar refractivity (Wildman–Crippen MR) is 756 cm³/mol. The van der Waals surface area contributed by atoms with Crippen molar-refractivity contribution in [3.8, 4) is 50.1 Å². The van der Waals surface area contributed by atoms with E-state index in [1.165, 1.54) is 229 Å². The van der Waals surface area contributed by atoms with E-state index in [0.717, 1.165) is 100 Å². The molecule has 24 unspecified atom stereocenters. The molecule has 4 aliphatic rings. The summed E-state index contributed by atoms with van der Waals surface area (Å²) < 4.78 is 0. The number of benzene rings is 5. The van der Waals surface area contributed by atoms with Gasteiger partial charge in [0.2, 0.25) is 5.91 Å². The third-order valence-corrected chi connectivity index (χ3v) is 241. The number of hydrogen-bond donors (Lipinski definition) is 0. The molecular weight excluding hydrogens is 2460 g/mol. The van der Waals surface area contributed by atoms with E-state index < -0.39 is 16.7 Å². The summed E-state index contributed by atoms with van der Waals surface area (Å²) in [7, 11) is 53.9. The Hall–Kier alpha value is 6.31. The second-order valence-electron chi connectivity index (χ2n) is 38.5. The Kier molecular flexibility index (Phi) is 53.8. The fraction of sp³-hybridized carbons (Fsp3) is 0.442. The molecule has 1 fully saturated rings. The monoisotopic (exact) mass is 2620 g/mol. The molecule has 0 radical (unpaired) electrons. The third-order valence-electron chi connectivity index (χ3n) is 28.6. The van der Waals surface area contributed by atoms with Gasteiger partial charge >= 0.3 is 0 Å². The van der Waals surface area contributed by atoms with Gasteiger partial charge in [0.25, 0.3) is 5.91 Å². The lowest BCUT2D eigenvalue weighted by Gasteiger charge is -2.52. The standard InChI is InChI=1S/C104H122N2O2S6.H33P31/c1-11-19-25-29-35-73-40-48-77(49-41-73)103(78-50-42-74(43-51-78)36-30-26-20-12-2)83-65-82-84(64-81(83)99-85(103)63-70(10)110-99)104(79-52-44-75(45-53-79)37-31-27-21-13-3,80-54-46-76(47-55-80)38-32-28-22-14-4)86-66-94(114-100(82)86)91-58-57-89(111-91)90-60-62-93(113-90)98-96-95(101(107)106(98)68-72(18-8)34-24-16-6)97(105(102(96)108)67-71(17-7)33-23-15-5)92-61-59-88(112-92)87-56-39-69(9)109-87;1-17-25(16)29(24(14)15)31(28(22(10)11)23(12)13)30(26(18(2)3)19(4)5)27(20(6)7)21(8)9/h39-66,71-72,95,97H,11-38,67-68H2,1-10H3;17H,1-16H2. The van der Waals surface area contributed by atoms with Gasteiger partial charge in [-0.15, -0.1) is 211 Å². The van der Waals surface area contributed by atoms with Crippen LogP contribution in [0.3, 0.4) is 0 Å². The van der Waals surface area contributed by atoms with Gasteiger partial charge < -0.3 is 9.80 Å². The highest BCUT2D eigenvalue weighted by Gasteiger charge is 2.59. The summed E-state index contributed by atoms with van der Waals surface area (Å²) in [4.78, 5) is 51.2. The van der Waals surface area contributed by atoms with E-state index in [2.05, 4.69) is 392 Å². The molecule has 6 aromatic heterocycles. The van der Waals surface area contributed by atoms with Crippen molar-refractivity contribution in [3.63, 3.8) is 0 Å². The molecule has 5 aromatic carbocycles. The number of nitrogens with zero attached hydrogens (tertiary/aromatic N) is 2. The van der Waals surface area contributed by atoms with E-state index in [4.69, 9.17) is 0 Å². The smallest absolute Gasteiger partial charge is 0.253 e. The number of hydrogen-bond acceptors (Lipinski definition) is 8. The van der Waals surface area contributed by atoms with E-state index in [0.29, 0.717) is 30.5 Å². The highest BCUT2D eigenvalue weighted by Crippen LogP contribution is 3.39. The largest absolute Gasteiger partial charge is 0.330 e. The van der Waals surface area contributed by atoms with Crippen LogP contribution in [0.15, 0.2) is 175 Å². The van der Waals surface area contributed by atoms with Gasteiger partial charge in [0.1, 0.15) is 0 Å². The number of amides is 2. The van der Waals surface area contributed by atoms with Crippen molar-refractivity contribution in [1.82, 2.24) is 9.80 Å². The summed E-state index contributed by atoms with van der Waals surface area (Å²) in [6.07, 6.45) is 32.9. The minimum absolute atomic E-state index is 0.0336. The van der Waals surface area contributed by atoms with E-state index in [1.54, 1.807) is 22.7 Å². The van der Waals surface area contributed by atoms with Crippen molar-refractivity contribution in [1.29, 1.82) is 0 Å². The van der Waals surface area contributed by atoms with Crippen molar-refractivity contribution in [2.24, 2.45) is 17.8 Å². The van der Waals surface area contributed by atoms with Gasteiger partial charge in [-0.2, -0.15) is 0 Å². The summed E-state index contributed by atoms with van der Waals surface area (Å²) in [6.45, 7) is 24.0. The average molecular weight is 2620 g/mol. The average Bonchev–Trinajstić information content (AvgIpc) is 1.50. The normalized spacial score (nSPS) is 16.5. The number of carbonyl (C=O) groups excluding carboxylic acids is 2. The topological polar surface area (TPSA) is 40.6 Å². The van der Waals surface area contributed by atoms with Crippen LogP contribution in [0.4, 0.5) is 0 Å².